The van der Waals surface area contributed by atoms with E-state index in [-0.39, 0.29) is 17.5 Å². The van der Waals surface area contributed by atoms with Crippen LogP contribution in [0.2, 0.25) is 0 Å². The van der Waals surface area contributed by atoms with Crippen molar-refractivity contribution in [2.75, 3.05) is 26.5 Å². The van der Waals surface area contributed by atoms with E-state index in [2.05, 4.69) is 23.3 Å². The number of phenols is 2. The average Bonchev–Trinajstić information content (AvgIpc) is 3.01. The third kappa shape index (κ3) is 7.76. The van der Waals surface area contributed by atoms with Crippen molar-refractivity contribution in [1.82, 2.24) is 10.6 Å². The highest BCUT2D eigenvalue weighted by Crippen LogP contribution is 2.38. The smallest absolute Gasteiger partial charge is 0.128 e. The molecule has 0 heterocycles. The Morgan fingerprint density at radius 2 is 1.17 bits per heavy atom. The number of nitrogens with one attached hydrogen (secondary N) is 2. The number of ether oxygens (including phenoxy) is 2. The summed E-state index contributed by atoms with van der Waals surface area (Å²) in [6.45, 7) is 1.75. The molecule has 0 aliphatic carbocycles. The molecule has 0 amide bonds. The lowest BCUT2D eigenvalue weighted by Gasteiger charge is -2.21. The molecule has 216 valence electrons. The molecule has 41 heavy (non-hydrogen) atoms. The van der Waals surface area contributed by atoms with E-state index in [1.54, 1.807) is 14.2 Å². The van der Waals surface area contributed by atoms with Gasteiger partial charge in [-0.05, 0) is 30.7 Å². The molecular weight excluding hydrogens is 532 g/mol. The molecule has 1 unspecified atom stereocenters. The fourth-order valence-electron chi connectivity index (χ4n) is 5.05. The van der Waals surface area contributed by atoms with E-state index in [9.17, 15) is 10.2 Å². The highest BCUT2D eigenvalue weighted by Gasteiger charge is 2.16. The topological polar surface area (TPSA) is 83.0 Å². The van der Waals surface area contributed by atoms with Crippen LogP contribution in [0.3, 0.4) is 0 Å². The fraction of sp³-hybridized carbons (Fsp3) is 0.294. The first-order valence-corrected chi connectivity index (χ1v) is 14.6. The summed E-state index contributed by atoms with van der Waals surface area (Å²) in [7, 11) is 3.27. The Balaban J connectivity index is 1.43. The number of methoxy groups -OCH3 is 2. The maximum absolute atomic E-state index is 11.1. The van der Waals surface area contributed by atoms with E-state index >= 15 is 0 Å². The third-order valence-electron chi connectivity index (χ3n) is 7.28. The van der Waals surface area contributed by atoms with Gasteiger partial charge in [0, 0.05) is 59.1 Å². The molecule has 0 spiro atoms. The van der Waals surface area contributed by atoms with Crippen LogP contribution in [-0.2, 0) is 13.1 Å². The number of hydrogen-bond donors (Lipinski definition) is 5. The van der Waals surface area contributed by atoms with Crippen LogP contribution in [-0.4, -0.2) is 42.8 Å². The quantitative estimate of drug-likeness (QED) is 0.0797. The molecule has 4 aromatic carbocycles. The third-order valence-corrected chi connectivity index (χ3v) is 7.60. The van der Waals surface area contributed by atoms with Crippen molar-refractivity contribution in [3.63, 3.8) is 0 Å². The van der Waals surface area contributed by atoms with Crippen LogP contribution in [0.25, 0.3) is 22.3 Å². The zero-order valence-electron chi connectivity index (χ0n) is 23.8. The van der Waals surface area contributed by atoms with E-state index in [0.29, 0.717) is 19.6 Å². The van der Waals surface area contributed by atoms with Crippen LogP contribution in [0, 0.1) is 0 Å². The first kappa shape index (κ1) is 30.3. The first-order valence-electron chi connectivity index (χ1n) is 14.0. The molecule has 4 aromatic rings. The molecule has 6 nitrogen and oxygen atoms in total. The van der Waals surface area contributed by atoms with E-state index < -0.39 is 0 Å². The van der Waals surface area contributed by atoms with E-state index in [4.69, 9.17) is 9.47 Å². The van der Waals surface area contributed by atoms with Crippen molar-refractivity contribution in [3.8, 4) is 45.3 Å². The van der Waals surface area contributed by atoms with Gasteiger partial charge in [-0.1, -0.05) is 79.2 Å². The van der Waals surface area contributed by atoms with Crippen LogP contribution in [0.1, 0.15) is 30.4 Å². The lowest BCUT2D eigenvalue weighted by molar-refractivity contribution is 0.413. The first-order chi connectivity index (χ1) is 20.1. The molecule has 0 aliphatic heterocycles. The summed E-state index contributed by atoms with van der Waals surface area (Å²) in [5.74, 6) is 2.80. The van der Waals surface area contributed by atoms with Gasteiger partial charge in [0.2, 0.25) is 0 Å². The SMILES string of the molecule is COc1ccccc1-c1cccc(CNCC(CCCCS)NCc2cccc(-c3ccccc3OC)c2O)c1O. The van der Waals surface area contributed by atoms with Crippen molar-refractivity contribution in [1.29, 1.82) is 0 Å². The Hall–Kier alpha value is -3.65. The minimum absolute atomic E-state index is 0.170. The lowest BCUT2D eigenvalue weighted by atomic mass is 10.00. The van der Waals surface area contributed by atoms with Crippen molar-refractivity contribution >= 4 is 12.6 Å². The van der Waals surface area contributed by atoms with Crippen molar-refractivity contribution < 1.29 is 19.7 Å². The number of benzene rings is 4. The molecule has 0 radical (unpaired) electrons. The van der Waals surface area contributed by atoms with Gasteiger partial charge in [0.15, 0.2) is 0 Å². The zero-order valence-corrected chi connectivity index (χ0v) is 24.7. The van der Waals surface area contributed by atoms with Crippen molar-refractivity contribution in [3.05, 3.63) is 96.1 Å². The highest BCUT2D eigenvalue weighted by atomic mass is 32.1. The molecule has 0 fully saturated rings. The predicted molar refractivity (Wildman–Crippen MR) is 170 cm³/mol. The number of unbranched alkanes of at least 4 members (excludes halogenated alkanes) is 1. The van der Waals surface area contributed by atoms with Gasteiger partial charge < -0.3 is 30.3 Å². The van der Waals surface area contributed by atoms with Crippen molar-refractivity contribution in [2.45, 2.75) is 38.4 Å². The minimum Gasteiger partial charge on any atom is -0.507 e. The maximum atomic E-state index is 11.1. The van der Waals surface area contributed by atoms with Crippen molar-refractivity contribution in [2.24, 2.45) is 0 Å². The molecular formula is C34H40N2O4S. The number of aromatic hydroxyl groups is 2. The molecule has 0 saturated heterocycles. The Morgan fingerprint density at radius 3 is 1.71 bits per heavy atom. The van der Waals surface area contributed by atoms with Gasteiger partial charge in [-0.3, -0.25) is 0 Å². The Labute approximate surface area is 248 Å². The van der Waals surface area contributed by atoms with Crippen LogP contribution in [0.5, 0.6) is 23.0 Å². The molecule has 0 bridgehead atoms. The Bertz CT molecular complexity index is 1410. The Kier molecular flexibility index (Phi) is 11.4. The summed E-state index contributed by atoms with van der Waals surface area (Å²) in [4.78, 5) is 0. The summed E-state index contributed by atoms with van der Waals surface area (Å²) in [5.41, 5.74) is 4.86. The summed E-state index contributed by atoms with van der Waals surface area (Å²) in [6.07, 6.45) is 3.05. The predicted octanol–water partition coefficient (Wildman–Crippen LogP) is 6.80. The zero-order chi connectivity index (χ0) is 29.0. The molecule has 0 aliphatic rings. The second kappa shape index (κ2) is 15.4. The number of hydrogen-bond acceptors (Lipinski definition) is 7. The highest BCUT2D eigenvalue weighted by molar-refractivity contribution is 7.80. The number of phenolic OH excluding ortho intramolecular Hbond substituents is 2. The molecule has 4 N–H and O–H groups in total. The number of thiol groups is 1. The molecule has 0 saturated carbocycles. The largest absolute Gasteiger partial charge is 0.507 e. The average molecular weight is 573 g/mol. The summed E-state index contributed by atoms with van der Waals surface area (Å²) >= 11 is 4.38. The van der Waals surface area contributed by atoms with Crippen LogP contribution < -0.4 is 20.1 Å². The van der Waals surface area contributed by atoms with Crippen LogP contribution >= 0.6 is 12.6 Å². The molecule has 4 rings (SSSR count). The lowest BCUT2D eigenvalue weighted by Crippen LogP contribution is -2.38. The van der Waals surface area contributed by atoms with Crippen LogP contribution in [0.15, 0.2) is 84.9 Å². The molecule has 7 heteroatoms. The molecule has 0 aromatic heterocycles. The number of rotatable bonds is 15. The Morgan fingerprint density at radius 1 is 0.659 bits per heavy atom. The van der Waals surface area contributed by atoms with Gasteiger partial charge in [0.05, 0.1) is 14.2 Å². The number of para-hydroxylation sites is 4. The summed E-state index contributed by atoms with van der Waals surface area (Å²) < 4.78 is 11.0. The van der Waals surface area contributed by atoms with E-state index in [0.717, 1.165) is 69.9 Å². The second-order valence-corrected chi connectivity index (χ2v) is 10.4. The second-order valence-electron chi connectivity index (χ2n) is 9.96. The van der Waals surface area contributed by atoms with E-state index in [1.165, 1.54) is 0 Å². The van der Waals surface area contributed by atoms with Gasteiger partial charge in [0.1, 0.15) is 23.0 Å². The van der Waals surface area contributed by atoms with Gasteiger partial charge in [-0.15, -0.1) is 0 Å². The minimum atomic E-state index is 0.170. The maximum Gasteiger partial charge on any atom is 0.128 e. The molecule has 1 atom stereocenters. The standard InChI is InChI=1S/C34H40N2O4S/c1-39-31-18-5-3-14-27(31)29-16-9-11-24(33(29)37)21-35-23-26(13-7-8-20-41)36-22-25-12-10-17-30(34(25)38)28-15-4-6-19-32(28)40-2/h3-6,9-12,14-19,26,35-38,41H,7-8,13,20-23H2,1-2H3. The van der Waals surface area contributed by atoms with E-state index in [1.807, 2.05) is 84.9 Å². The van der Waals surface area contributed by atoms with Gasteiger partial charge in [-0.2, -0.15) is 12.6 Å². The van der Waals surface area contributed by atoms with Gasteiger partial charge in [-0.25, -0.2) is 0 Å². The normalized spacial score (nSPS) is 11.8. The van der Waals surface area contributed by atoms with Gasteiger partial charge >= 0.3 is 0 Å². The summed E-state index contributed by atoms with van der Waals surface area (Å²) in [5, 5.41) is 29.4. The van der Waals surface area contributed by atoms with Gasteiger partial charge in [0.25, 0.3) is 0 Å². The summed E-state index contributed by atoms with van der Waals surface area (Å²) in [6, 6.07) is 27.2. The van der Waals surface area contributed by atoms with Crippen LogP contribution in [0.4, 0.5) is 0 Å². The monoisotopic (exact) mass is 572 g/mol. The fourth-order valence-corrected chi connectivity index (χ4v) is 5.27.